The Morgan fingerprint density at radius 2 is 1.63 bits per heavy atom. The molecule has 5 rings (SSSR count). The number of aromatic nitrogens is 3. The molecule has 0 aliphatic heterocycles. The molecule has 2 aromatic carbocycles. The molecule has 0 unspecified atom stereocenters. The van der Waals surface area contributed by atoms with Gasteiger partial charge in [0.25, 0.3) is 0 Å². The molecular formula is C21H17N3O2S. The first-order chi connectivity index (χ1) is 13.1. The summed E-state index contributed by atoms with van der Waals surface area (Å²) < 4.78 is 26.6. The first-order valence-electron chi connectivity index (χ1n) is 9.00. The summed E-state index contributed by atoms with van der Waals surface area (Å²) in [5.74, 6) is 0. The first-order valence-corrected chi connectivity index (χ1v) is 10.5. The maximum atomic E-state index is 13.3. The molecule has 0 amide bonds. The fourth-order valence-electron chi connectivity index (χ4n) is 3.71. The van der Waals surface area contributed by atoms with Crippen molar-refractivity contribution in [3.8, 4) is 0 Å². The van der Waals surface area contributed by atoms with E-state index in [4.69, 9.17) is 9.97 Å². The molecule has 27 heavy (non-hydrogen) atoms. The van der Waals surface area contributed by atoms with Crippen LogP contribution in [0.15, 0.2) is 64.6 Å². The number of pyridine rings is 1. The molecule has 2 heterocycles. The Morgan fingerprint density at radius 1 is 0.852 bits per heavy atom. The maximum absolute atomic E-state index is 13.3. The maximum Gasteiger partial charge on any atom is 0.207 e. The summed E-state index contributed by atoms with van der Waals surface area (Å²) >= 11 is 0. The second kappa shape index (κ2) is 6.09. The minimum Gasteiger partial charge on any atom is -0.264 e. The van der Waals surface area contributed by atoms with Crippen molar-refractivity contribution in [2.24, 2.45) is 0 Å². The molecule has 0 atom stereocenters. The summed E-state index contributed by atoms with van der Waals surface area (Å²) in [6, 6.07) is 12.0. The van der Waals surface area contributed by atoms with Crippen molar-refractivity contribution in [2.45, 2.75) is 35.5 Å². The number of fused-ring (bicyclic) bond motifs is 3. The summed E-state index contributed by atoms with van der Waals surface area (Å²) in [6.45, 7) is 0. The standard InChI is InChI=1S/C21H17N3O2S/c25-27(26,21-7-3-4-14-13-22-11-10-16(14)21)15-8-9-19-20(12-15)24-18-6-2-1-5-17(18)23-19/h3-4,7-13H,1-2,5-6H2. The van der Waals surface area contributed by atoms with Crippen LogP contribution in [0.3, 0.4) is 0 Å². The largest absolute Gasteiger partial charge is 0.264 e. The van der Waals surface area contributed by atoms with E-state index in [1.54, 1.807) is 48.8 Å². The molecule has 1 aliphatic rings. The number of hydrogen-bond acceptors (Lipinski definition) is 5. The first kappa shape index (κ1) is 16.3. The average Bonchev–Trinajstić information content (AvgIpc) is 2.71. The minimum absolute atomic E-state index is 0.240. The monoisotopic (exact) mass is 375 g/mol. The van der Waals surface area contributed by atoms with Crippen LogP contribution in [0.25, 0.3) is 21.8 Å². The molecule has 4 aromatic rings. The Balaban J connectivity index is 1.69. The molecule has 0 bridgehead atoms. The van der Waals surface area contributed by atoms with Gasteiger partial charge in [-0.2, -0.15) is 0 Å². The number of hydrogen-bond donors (Lipinski definition) is 0. The zero-order chi connectivity index (χ0) is 18.4. The average molecular weight is 375 g/mol. The number of rotatable bonds is 2. The lowest BCUT2D eigenvalue weighted by Gasteiger charge is -2.15. The van der Waals surface area contributed by atoms with E-state index >= 15 is 0 Å². The van der Waals surface area contributed by atoms with Crippen LogP contribution >= 0.6 is 0 Å². The van der Waals surface area contributed by atoms with Gasteiger partial charge >= 0.3 is 0 Å². The number of benzene rings is 2. The quantitative estimate of drug-likeness (QED) is 0.531. The van der Waals surface area contributed by atoms with Crippen LogP contribution in [0.2, 0.25) is 0 Å². The Bertz CT molecular complexity index is 1290. The van der Waals surface area contributed by atoms with Crippen LogP contribution in [0.4, 0.5) is 0 Å². The SMILES string of the molecule is O=S(=O)(c1ccc2nc3c(nc2c1)CCCC3)c1cccc2cnccc12. The summed E-state index contributed by atoms with van der Waals surface area (Å²) in [5, 5.41) is 1.47. The minimum atomic E-state index is -3.67. The molecule has 6 heteroatoms. The van der Waals surface area contributed by atoms with Crippen molar-refractivity contribution in [1.29, 1.82) is 0 Å². The number of aryl methyl sites for hydroxylation is 2. The van der Waals surface area contributed by atoms with Crippen LogP contribution in [0, 0.1) is 0 Å². The van der Waals surface area contributed by atoms with Crippen molar-refractivity contribution in [3.05, 3.63) is 66.2 Å². The summed E-state index contributed by atoms with van der Waals surface area (Å²) in [5.41, 5.74) is 3.43. The van der Waals surface area contributed by atoms with E-state index < -0.39 is 9.84 Å². The lowest BCUT2D eigenvalue weighted by Crippen LogP contribution is -2.09. The predicted octanol–water partition coefficient (Wildman–Crippen LogP) is 3.89. The van der Waals surface area contributed by atoms with Gasteiger partial charge in [0.1, 0.15) is 0 Å². The molecule has 0 spiro atoms. The lowest BCUT2D eigenvalue weighted by atomic mass is 10.0. The van der Waals surface area contributed by atoms with Gasteiger partial charge in [0.15, 0.2) is 0 Å². The molecule has 2 aromatic heterocycles. The lowest BCUT2D eigenvalue weighted by molar-refractivity contribution is 0.597. The van der Waals surface area contributed by atoms with Gasteiger partial charge in [-0.05, 0) is 56.0 Å². The third kappa shape index (κ3) is 2.68. The Morgan fingerprint density at radius 3 is 2.44 bits per heavy atom. The van der Waals surface area contributed by atoms with Crippen molar-refractivity contribution >= 4 is 31.6 Å². The van der Waals surface area contributed by atoms with E-state index in [1.807, 2.05) is 6.07 Å². The molecule has 0 saturated heterocycles. The van der Waals surface area contributed by atoms with E-state index in [2.05, 4.69) is 4.98 Å². The van der Waals surface area contributed by atoms with Crippen molar-refractivity contribution < 1.29 is 8.42 Å². The molecule has 5 nitrogen and oxygen atoms in total. The predicted molar refractivity (Wildman–Crippen MR) is 103 cm³/mol. The topological polar surface area (TPSA) is 72.8 Å². The van der Waals surface area contributed by atoms with Gasteiger partial charge in [0.05, 0.1) is 32.2 Å². The summed E-state index contributed by atoms with van der Waals surface area (Å²) in [6.07, 6.45) is 7.38. The van der Waals surface area contributed by atoms with Gasteiger partial charge in [0, 0.05) is 23.2 Å². The van der Waals surface area contributed by atoms with E-state index in [0.717, 1.165) is 48.0 Å². The van der Waals surface area contributed by atoms with E-state index in [1.165, 1.54) is 0 Å². The third-order valence-electron chi connectivity index (χ3n) is 5.11. The van der Waals surface area contributed by atoms with Crippen LogP contribution in [-0.2, 0) is 22.7 Å². The highest BCUT2D eigenvalue weighted by atomic mass is 32.2. The van der Waals surface area contributed by atoms with Gasteiger partial charge in [0.2, 0.25) is 9.84 Å². The van der Waals surface area contributed by atoms with Crippen LogP contribution in [-0.4, -0.2) is 23.4 Å². The summed E-state index contributed by atoms with van der Waals surface area (Å²) in [4.78, 5) is 14.0. The highest BCUT2D eigenvalue weighted by molar-refractivity contribution is 7.91. The third-order valence-corrected chi connectivity index (χ3v) is 6.92. The van der Waals surface area contributed by atoms with Crippen molar-refractivity contribution in [2.75, 3.05) is 0 Å². The van der Waals surface area contributed by atoms with Crippen LogP contribution in [0.1, 0.15) is 24.2 Å². The van der Waals surface area contributed by atoms with Crippen molar-refractivity contribution in [3.63, 3.8) is 0 Å². The van der Waals surface area contributed by atoms with Gasteiger partial charge in [-0.3, -0.25) is 4.98 Å². The second-order valence-electron chi connectivity index (χ2n) is 6.83. The highest BCUT2D eigenvalue weighted by Gasteiger charge is 2.22. The highest BCUT2D eigenvalue weighted by Crippen LogP contribution is 2.30. The number of sulfone groups is 1. The molecule has 0 fully saturated rings. The molecule has 1 aliphatic carbocycles. The molecular weight excluding hydrogens is 358 g/mol. The van der Waals surface area contributed by atoms with Gasteiger partial charge < -0.3 is 0 Å². The molecule has 0 radical (unpaired) electrons. The molecule has 0 N–H and O–H groups in total. The Labute approximate surface area is 157 Å². The molecule has 0 saturated carbocycles. The van der Waals surface area contributed by atoms with E-state index in [9.17, 15) is 8.42 Å². The van der Waals surface area contributed by atoms with Crippen molar-refractivity contribution in [1.82, 2.24) is 15.0 Å². The Hall–Kier alpha value is -2.86. The van der Waals surface area contributed by atoms with Crippen LogP contribution in [0.5, 0.6) is 0 Å². The van der Waals surface area contributed by atoms with E-state index in [0.29, 0.717) is 10.9 Å². The van der Waals surface area contributed by atoms with Gasteiger partial charge in [-0.15, -0.1) is 0 Å². The fraction of sp³-hybridized carbons (Fsp3) is 0.190. The number of nitrogens with zero attached hydrogens (tertiary/aromatic N) is 3. The second-order valence-corrected chi connectivity index (χ2v) is 8.75. The summed E-state index contributed by atoms with van der Waals surface area (Å²) in [7, 11) is -3.67. The fourth-order valence-corrected chi connectivity index (χ4v) is 5.21. The smallest absolute Gasteiger partial charge is 0.207 e. The van der Waals surface area contributed by atoms with Gasteiger partial charge in [-0.25, -0.2) is 18.4 Å². The molecule has 134 valence electrons. The van der Waals surface area contributed by atoms with Gasteiger partial charge in [-0.1, -0.05) is 12.1 Å². The zero-order valence-electron chi connectivity index (χ0n) is 14.6. The Kier molecular flexibility index (Phi) is 3.68. The van der Waals surface area contributed by atoms with E-state index in [-0.39, 0.29) is 9.79 Å². The normalized spacial score (nSPS) is 14.4. The zero-order valence-corrected chi connectivity index (χ0v) is 15.4. The van der Waals surface area contributed by atoms with Crippen LogP contribution < -0.4 is 0 Å².